The molecule has 0 spiro atoms. The summed E-state index contributed by atoms with van der Waals surface area (Å²) in [6.45, 7) is 0. The van der Waals surface area contributed by atoms with E-state index < -0.39 is 5.95 Å². The molecule has 0 bridgehead atoms. The zero-order valence-corrected chi connectivity index (χ0v) is 10.5. The third kappa shape index (κ3) is 2.94. The van der Waals surface area contributed by atoms with Crippen LogP contribution in [-0.2, 0) is 0 Å². The number of hydrogen-bond donors (Lipinski definition) is 0. The van der Waals surface area contributed by atoms with Crippen LogP contribution in [0.2, 0.25) is 0 Å². The molecule has 2 nitrogen and oxygen atoms in total. The molecule has 1 aromatic heterocycles. The summed E-state index contributed by atoms with van der Waals surface area (Å²) in [7, 11) is 3.99. The number of halogens is 1. The topological polar surface area (TPSA) is 16.1 Å². The highest BCUT2D eigenvalue weighted by molar-refractivity contribution is 5.70. The highest BCUT2D eigenvalue weighted by Crippen LogP contribution is 2.15. The van der Waals surface area contributed by atoms with Gasteiger partial charge in [0, 0.05) is 31.5 Å². The SMILES string of the molecule is CN(C)c1ccc(/C=C/c2cccnc2[18F])cc1. The molecule has 3 heteroatoms. The molecule has 0 aliphatic rings. The standard InChI is InChI=1S/C15H15FN2/c1-18(2)14-9-6-12(7-10-14)5-8-13-4-3-11-17-15(13)16/h3-11H,1-2H3/b8-5+/i16-1. The van der Waals surface area contributed by atoms with Crippen molar-refractivity contribution in [1.82, 2.24) is 4.98 Å². The van der Waals surface area contributed by atoms with E-state index in [0.29, 0.717) is 5.56 Å². The van der Waals surface area contributed by atoms with Gasteiger partial charge >= 0.3 is 0 Å². The number of nitrogens with zero attached hydrogens (tertiary/aromatic N) is 2. The minimum atomic E-state index is -0.446. The molecule has 0 amide bonds. The lowest BCUT2D eigenvalue weighted by atomic mass is 10.1. The Bertz CT molecular complexity index is 545. The van der Waals surface area contributed by atoms with Gasteiger partial charge < -0.3 is 4.90 Å². The summed E-state index contributed by atoms with van der Waals surface area (Å²) >= 11 is 0. The average Bonchev–Trinajstić information content (AvgIpc) is 2.38. The lowest BCUT2D eigenvalue weighted by molar-refractivity contribution is 0.581. The van der Waals surface area contributed by atoms with Crippen molar-refractivity contribution >= 4 is 17.8 Å². The van der Waals surface area contributed by atoms with Crippen LogP contribution in [0.4, 0.5) is 10.1 Å². The van der Waals surface area contributed by atoms with E-state index in [0.717, 1.165) is 11.3 Å². The summed E-state index contributed by atoms with van der Waals surface area (Å²) in [6.07, 6.45) is 5.05. The van der Waals surface area contributed by atoms with Crippen LogP contribution < -0.4 is 4.90 Å². The summed E-state index contributed by atoms with van der Waals surface area (Å²) in [5.41, 5.74) is 2.66. The predicted octanol–water partition coefficient (Wildman–Crippen LogP) is 3.46. The smallest absolute Gasteiger partial charge is 0.220 e. The lowest BCUT2D eigenvalue weighted by Gasteiger charge is -2.11. The summed E-state index contributed by atoms with van der Waals surface area (Å²) < 4.78 is 13.3. The minimum Gasteiger partial charge on any atom is -0.378 e. The molecule has 0 radical (unpaired) electrons. The summed E-state index contributed by atoms with van der Waals surface area (Å²) in [6, 6.07) is 11.5. The third-order valence-electron chi connectivity index (χ3n) is 2.65. The predicted molar refractivity (Wildman–Crippen MR) is 73.9 cm³/mol. The maximum Gasteiger partial charge on any atom is 0.220 e. The van der Waals surface area contributed by atoms with Crippen LogP contribution in [0.15, 0.2) is 42.6 Å². The maximum atomic E-state index is 13.3. The Hall–Kier alpha value is -2.16. The van der Waals surface area contributed by atoms with Crippen LogP contribution in [0.25, 0.3) is 12.2 Å². The summed E-state index contributed by atoms with van der Waals surface area (Å²) in [5.74, 6) is -0.446. The molecule has 0 fully saturated rings. The first kappa shape index (κ1) is 12.3. The molecule has 0 atom stereocenters. The number of aromatic nitrogens is 1. The van der Waals surface area contributed by atoms with Crippen molar-refractivity contribution in [3.05, 3.63) is 59.7 Å². The Morgan fingerprint density at radius 2 is 1.78 bits per heavy atom. The largest absolute Gasteiger partial charge is 0.378 e. The Labute approximate surface area is 106 Å². The van der Waals surface area contributed by atoms with Gasteiger partial charge in [0.25, 0.3) is 0 Å². The van der Waals surface area contributed by atoms with Crippen molar-refractivity contribution in [3.8, 4) is 0 Å². The van der Waals surface area contributed by atoms with Crippen LogP contribution in [0, 0.1) is 5.95 Å². The van der Waals surface area contributed by atoms with Crippen molar-refractivity contribution in [1.29, 1.82) is 0 Å². The van der Waals surface area contributed by atoms with E-state index in [1.807, 2.05) is 49.3 Å². The molecule has 0 saturated carbocycles. The third-order valence-corrected chi connectivity index (χ3v) is 2.65. The van der Waals surface area contributed by atoms with Crippen LogP contribution in [0.3, 0.4) is 0 Å². The number of pyridine rings is 1. The van der Waals surface area contributed by atoms with E-state index in [1.165, 1.54) is 6.20 Å². The quantitative estimate of drug-likeness (QED) is 0.765. The van der Waals surface area contributed by atoms with Gasteiger partial charge in [0.1, 0.15) is 0 Å². The average molecular weight is 241 g/mol. The Kier molecular flexibility index (Phi) is 3.72. The molecule has 1 aromatic carbocycles. The van der Waals surface area contributed by atoms with Crippen molar-refractivity contribution in [2.75, 3.05) is 19.0 Å². The van der Waals surface area contributed by atoms with Crippen LogP contribution in [0.5, 0.6) is 0 Å². The van der Waals surface area contributed by atoms with Gasteiger partial charge in [0.15, 0.2) is 0 Å². The zero-order valence-electron chi connectivity index (χ0n) is 10.5. The van der Waals surface area contributed by atoms with Gasteiger partial charge in [-0.1, -0.05) is 18.2 Å². The lowest BCUT2D eigenvalue weighted by Crippen LogP contribution is -2.07. The first-order chi connectivity index (χ1) is 8.66. The monoisotopic (exact) mass is 241 g/mol. The zero-order chi connectivity index (χ0) is 13.0. The summed E-state index contributed by atoms with van der Waals surface area (Å²) in [4.78, 5) is 5.64. The molecule has 18 heavy (non-hydrogen) atoms. The Morgan fingerprint density at radius 3 is 2.39 bits per heavy atom. The molecular weight excluding hydrogens is 226 g/mol. The Balaban J connectivity index is 2.17. The van der Waals surface area contributed by atoms with Gasteiger partial charge in [-0.3, -0.25) is 0 Å². The van der Waals surface area contributed by atoms with Gasteiger partial charge in [-0.05, 0) is 35.9 Å². The highest BCUT2D eigenvalue weighted by Gasteiger charge is 1.97. The Morgan fingerprint density at radius 1 is 1.06 bits per heavy atom. The van der Waals surface area contributed by atoms with E-state index in [-0.39, 0.29) is 0 Å². The molecule has 0 aliphatic carbocycles. The summed E-state index contributed by atoms with van der Waals surface area (Å²) in [5, 5.41) is 0. The van der Waals surface area contributed by atoms with Crippen LogP contribution >= 0.6 is 0 Å². The van der Waals surface area contributed by atoms with Gasteiger partial charge in [-0.2, -0.15) is 4.39 Å². The van der Waals surface area contributed by atoms with E-state index >= 15 is 0 Å². The number of rotatable bonds is 3. The van der Waals surface area contributed by atoms with Crippen LogP contribution in [0.1, 0.15) is 11.1 Å². The first-order valence-electron chi connectivity index (χ1n) is 5.73. The molecule has 2 aromatic rings. The second-order valence-corrected chi connectivity index (χ2v) is 4.20. The fraction of sp³-hybridized carbons (Fsp3) is 0.133. The van der Waals surface area contributed by atoms with Crippen molar-refractivity contribution in [2.45, 2.75) is 0 Å². The van der Waals surface area contributed by atoms with E-state index in [4.69, 9.17) is 0 Å². The molecule has 0 N–H and O–H groups in total. The molecule has 0 unspecified atom stereocenters. The van der Waals surface area contributed by atoms with Crippen LogP contribution in [-0.4, -0.2) is 19.1 Å². The number of hydrogen-bond acceptors (Lipinski definition) is 2. The van der Waals surface area contributed by atoms with E-state index in [1.54, 1.807) is 18.2 Å². The van der Waals surface area contributed by atoms with Gasteiger partial charge in [0.2, 0.25) is 5.95 Å². The van der Waals surface area contributed by atoms with E-state index in [9.17, 15) is 4.39 Å². The number of benzene rings is 1. The minimum absolute atomic E-state index is 0.446. The molecule has 1 heterocycles. The van der Waals surface area contributed by atoms with Gasteiger partial charge in [0.05, 0.1) is 0 Å². The molecule has 92 valence electrons. The normalized spacial score (nSPS) is 10.8. The van der Waals surface area contributed by atoms with E-state index in [2.05, 4.69) is 4.98 Å². The fourth-order valence-electron chi connectivity index (χ4n) is 1.59. The second kappa shape index (κ2) is 5.45. The molecule has 0 aliphatic heterocycles. The molecule has 2 rings (SSSR count). The van der Waals surface area contributed by atoms with Crippen molar-refractivity contribution < 1.29 is 4.39 Å². The molecule has 0 saturated heterocycles. The highest BCUT2D eigenvalue weighted by atomic mass is 18.2. The van der Waals surface area contributed by atoms with Crippen molar-refractivity contribution in [2.24, 2.45) is 0 Å². The fourth-order valence-corrected chi connectivity index (χ4v) is 1.59. The van der Waals surface area contributed by atoms with Crippen molar-refractivity contribution in [3.63, 3.8) is 0 Å². The first-order valence-corrected chi connectivity index (χ1v) is 5.73. The van der Waals surface area contributed by atoms with Gasteiger partial charge in [-0.15, -0.1) is 0 Å². The second-order valence-electron chi connectivity index (χ2n) is 4.20. The molecular formula is C15H15FN2. The maximum absolute atomic E-state index is 13.3. The van der Waals surface area contributed by atoms with Gasteiger partial charge in [-0.25, -0.2) is 4.98 Å². The number of anilines is 1.